The van der Waals surface area contributed by atoms with Crippen molar-refractivity contribution in [1.82, 2.24) is 0 Å². The predicted molar refractivity (Wildman–Crippen MR) is 182 cm³/mol. The fourth-order valence-corrected chi connectivity index (χ4v) is 13.7. The molecule has 7 nitrogen and oxygen atoms in total. The molecule has 2 aromatic rings. The quantitative estimate of drug-likeness (QED) is 0.177. The summed E-state index contributed by atoms with van der Waals surface area (Å²) >= 11 is 0. The van der Waals surface area contributed by atoms with Crippen LogP contribution in [-0.2, 0) is 28.2 Å². The van der Waals surface area contributed by atoms with Gasteiger partial charge in [-0.05, 0) is 49.0 Å². The van der Waals surface area contributed by atoms with E-state index in [2.05, 4.69) is 89.7 Å². The molecule has 1 N–H and O–H groups in total. The van der Waals surface area contributed by atoms with Gasteiger partial charge < -0.3 is 28.5 Å². The lowest BCUT2D eigenvalue weighted by Gasteiger charge is -2.64. The molecule has 46 heavy (non-hydrogen) atoms. The van der Waals surface area contributed by atoms with Crippen molar-refractivity contribution in [2.24, 2.45) is 17.3 Å². The third-order valence-corrected chi connectivity index (χ3v) is 15.8. The number of esters is 1. The second kappa shape index (κ2) is 12.3. The van der Waals surface area contributed by atoms with Gasteiger partial charge in [-0.3, -0.25) is 4.79 Å². The Bertz CT molecular complexity index is 1360. The first-order valence-corrected chi connectivity index (χ1v) is 18.5. The van der Waals surface area contributed by atoms with Crippen LogP contribution in [0.4, 0.5) is 0 Å². The lowest BCUT2D eigenvalue weighted by molar-refractivity contribution is -0.297. The molecule has 0 amide bonds. The van der Waals surface area contributed by atoms with Crippen LogP contribution < -0.4 is 10.4 Å². The maximum absolute atomic E-state index is 13.9. The van der Waals surface area contributed by atoms with Gasteiger partial charge >= 0.3 is 5.97 Å². The van der Waals surface area contributed by atoms with Crippen molar-refractivity contribution in [2.45, 2.75) is 109 Å². The lowest BCUT2D eigenvalue weighted by Crippen LogP contribution is -2.74. The predicted octanol–water partition coefficient (Wildman–Crippen LogP) is 5.77. The summed E-state index contributed by atoms with van der Waals surface area (Å²) in [6, 6.07) is 21.0. The number of hydrogen-bond donors (Lipinski definition) is 1. The van der Waals surface area contributed by atoms with Crippen molar-refractivity contribution in [1.29, 1.82) is 0 Å². The van der Waals surface area contributed by atoms with Gasteiger partial charge in [0, 0.05) is 31.5 Å². The summed E-state index contributed by atoms with van der Waals surface area (Å²) in [5, 5.41) is 14.2. The normalized spacial score (nSPS) is 29.8. The Balaban J connectivity index is 1.42. The molecule has 2 saturated heterocycles. The van der Waals surface area contributed by atoms with E-state index in [0.29, 0.717) is 25.9 Å². The Labute approximate surface area is 276 Å². The van der Waals surface area contributed by atoms with E-state index in [1.165, 1.54) is 10.4 Å². The molecule has 8 heteroatoms. The first kappa shape index (κ1) is 35.0. The number of methoxy groups -OCH3 is 1. The van der Waals surface area contributed by atoms with E-state index in [1.54, 1.807) is 7.11 Å². The molecule has 1 unspecified atom stereocenters. The Morgan fingerprint density at radius 3 is 2.04 bits per heavy atom. The molecule has 2 heterocycles. The summed E-state index contributed by atoms with van der Waals surface area (Å²) < 4.78 is 32.3. The average molecular weight is 651 g/mol. The Morgan fingerprint density at radius 2 is 1.61 bits per heavy atom. The SMILES string of the molecule is C=C(C)CC1([C@@]23OC(=O)[C@@H]([C@H](O)[C@H](CCO[Si](c4ccccc4)(c4ccccc4)C(C)(C)C)OC)[C@@H]2CC3(C)C)COC(C)(C)O1. The van der Waals surface area contributed by atoms with Crippen molar-refractivity contribution in [3.8, 4) is 0 Å². The molecule has 252 valence electrons. The van der Waals surface area contributed by atoms with Crippen LogP contribution in [0, 0.1) is 17.3 Å². The highest BCUT2D eigenvalue weighted by Gasteiger charge is 2.81. The van der Waals surface area contributed by atoms with Crippen molar-refractivity contribution in [2.75, 3.05) is 20.3 Å². The van der Waals surface area contributed by atoms with Crippen LogP contribution in [0.3, 0.4) is 0 Å². The molecule has 2 aromatic carbocycles. The number of carbonyl (C=O) groups excluding carboxylic acids is 1. The minimum atomic E-state index is -2.78. The second-order valence-corrected chi connectivity index (χ2v) is 20.2. The van der Waals surface area contributed by atoms with E-state index in [1.807, 2.05) is 32.9 Å². The maximum atomic E-state index is 13.9. The molecule has 3 aliphatic rings. The smallest absolute Gasteiger partial charge is 0.312 e. The zero-order chi connectivity index (χ0) is 33.8. The average Bonchev–Trinajstić information content (AvgIpc) is 3.43. The van der Waals surface area contributed by atoms with Gasteiger partial charge in [-0.15, -0.1) is 6.58 Å². The highest BCUT2D eigenvalue weighted by molar-refractivity contribution is 6.99. The lowest BCUT2D eigenvalue weighted by atomic mass is 9.44. The van der Waals surface area contributed by atoms with Gasteiger partial charge in [0.15, 0.2) is 11.4 Å². The molecule has 2 aliphatic heterocycles. The number of ether oxygens (including phenoxy) is 4. The van der Waals surface area contributed by atoms with Crippen LogP contribution in [0.2, 0.25) is 5.04 Å². The van der Waals surface area contributed by atoms with E-state index in [0.717, 1.165) is 5.57 Å². The topological polar surface area (TPSA) is 83.5 Å². The van der Waals surface area contributed by atoms with Crippen molar-refractivity contribution in [3.63, 3.8) is 0 Å². The molecule has 1 aliphatic carbocycles. The summed E-state index contributed by atoms with van der Waals surface area (Å²) in [7, 11) is -1.19. The van der Waals surface area contributed by atoms with E-state index < -0.39 is 54.8 Å². The molecule has 1 saturated carbocycles. The van der Waals surface area contributed by atoms with Gasteiger partial charge in [0.05, 0.1) is 24.7 Å². The standard InChI is InChI=1S/C38H54O7Si/c1-26(2)23-37(25-42-36(8,9)45-37)38-29(24-35(38,6)7)31(33(40)44-38)32(39)30(41-10)21-22-43-46(34(3,4)5,27-17-13-11-14-18-27)28-19-15-12-16-20-28/h11-20,29-32,39H,1,21-25H2,2-10H3/t29-,30-,31+,32+,37?,38+/m0/s1. The fourth-order valence-electron chi connectivity index (χ4n) is 9.08. The fraction of sp³-hybridized carbons (Fsp3) is 0.605. The molecule has 5 rings (SSSR count). The van der Waals surface area contributed by atoms with Gasteiger partial charge in [0.25, 0.3) is 8.32 Å². The van der Waals surface area contributed by atoms with Crippen molar-refractivity contribution < 1.29 is 33.3 Å². The summed E-state index contributed by atoms with van der Waals surface area (Å²) in [5.41, 5.74) is -1.35. The van der Waals surface area contributed by atoms with E-state index in [9.17, 15) is 9.90 Å². The number of benzene rings is 2. The number of hydrogen-bond acceptors (Lipinski definition) is 7. The van der Waals surface area contributed by atoms with Crippen LogP contribution in [-0.4, -0.2) is 68.9 Å². The van der Waals surface area contributed by atoms with Crippen molar-refractivity contribution >= 4 is 24.7 Å². The summed E-state index contributed by atoms with van der Waals surface area (Å²) in [4.78, 5) is 13.9. The number of carbonyl (C=O) groups is 1. The largest absolute Gasteiger partial charge is 0.455 e. The number of fused-ring (bicyclic) bond motifs is 1. The van der Waals surface area contributed by atoms with E-state index in [-0.39, 0.29) is 17.6 Å². The first-order chi connectivity index (χ1) is 21.5. The second-order valence-electron chi connectivity index (χ2n) is 15.9. The highest BCUT2D eigenvalue weighted by Crippen LogP contribution is 2.70. The zero-order valence-corrected chi connectivity index (χ0v) is 30.2. The molecule has 0 radical (unpaired) electrons. The van der Waals surface area contributed by atoms with Gasteiger partial charge in [-0.1, -0.05) is 101 Å². The van der Waals surface area contributed by atoms with Crippen LogP contribution in [0.25, 0.3) is 0 Å². The molecule has 0 spiro atoms. The van der Waals surface area contributed by atoms with Crippen LogP contribution in [0.1, 0.15) is 74.7 Å². The molecule has 0 bridgehead atoms. The molecular weight excluding hydrogens is 596 g/mol. The van der Waals surface area contributed by atoms with Crippen LogP contribution >= 0.6 is 0 Å². The number of aliphatic hydroxyl groups is 1. The monoisotopic (exact) mass is 650 g/mol. The summed E-state index contributed by atoms with van der Waals surface area (Å²) in [5.74, 6) is -2.28. The van der Waals surface area contributed by atoms with Crippen molar-refractivity contribution in [3.05, 3.63) is 72.8 Å². The Morgan fingerprint density at radius 1 is 1.04 bits per heavy atom. The summed E-state index contributed by atoms with van der Waals surface area (Å²) in [6.45, 7) is 21.5. The molecule has 3 fully saturated rings. The van der Waals surface area contributed by atoms with Gasteiger partial charge in [0.2, 0.25) is 0 Å². The summed E-state index contributed by atoms with van der Waals surface area (Å²) in [6.07, 6.45) is -0.104. The third-order valence-electron chi connectivity index (χ3n) is 10.8. The van der Waals surface area contributed by atoms with E-state index >= 15 is 0 Å². The van der Waals surface area contributed by atoms with Gasteiger partial charge in [-0.25, -0.2) is 0 Å². The highest BCUT2D eigenvalue weighted by atomic mass is 28.4. The Kier molecular flexibility index (Phi) is 9.34. The Hall–Kier alpha value is -2.33. The maximum Gasteiger partial charge on any atom is 0.312 e. The van der Waals surface area contributed by atoms with E-state index in [4.69, 9.17) is 23.4 Å². The minimum absolute atomic E-state index is 0.183. The van der Waals surface area contributed by atoms with Crippen LogP contribution in [0.5, 0.6) is 0 Å². The number of rotatable bonds is 12. The van der Waals surface area contributed by atoms with Gasteiger partial charge in [-0.2, -0.15) is 0 Å². The van der Waals surface area contributed by atoms with Crippen LogP contribution in [0.15, 0.2) is 72.8 Å². The molecule has 6 atom stereocenters. The molecule has 0 aromatic heterocycles. The number of aliphatic hydroxyl groups excluding tert-OH is 1. The third kappa shape index (κ3) is 5.53. The van der Waals surface area contributed by atoms with Gasteiger partial charge in [0.1, 0.15) is 5.60 Å². The molecular formula is C38H54O7Si. The first-order valence-electron chi connectivity index (χ1n) is 16.6. The minimum Gasteiger partial charge on any atom is -0.455 e. The zero-order valence-electron chi connectivity index (χ0n) is 29.2.